The van der Waals surface area contributed by atoms with Gasteiger partial charge in [0.1, 0.15) is 17.1 Å². The van der Waals surface area contributed by atoms with Gasteiger partial charge in [-0.25, -0.2) is 4.79 Å². The van der Waals surface area contributed by atoms with Crippen molar-refractivity contribution in [1.82, 2.24) is 10.2 Å². The monoisotopic (exact) mass is 391 g/mol. The molecule has 2 unspecified atom stereocenters. The maximum absolute atomic E-state index is 12.0. The number of nitroso groups, excluding NO2 is 1. The molecule has 118 valence electrons. The van der Waals surface area contributed by atoms with Crippen molar-refractivity contribution >= 4 is 51.3 Å². The highest BCUT2D eigenvalue weighted by molar-refractivity contribution is 9.09. The number of nitrogens with zero attached hydrogens (tertiary/aromatic N) is 2. The number of halogens is 1. The molecule has 0 radical (unpaired) electrons. The first-order valence-corrected chi connectivity index (χ1v) is 8.19. The van der Waals surface area contributed by atoms with E-state index in [9.17, 15) is 24.1 Å². The summed E-state index contributed by atoms with van der Waals surface area (Å²) >= 11 is 4.10. The largest absolute Gasteiger partial charge is 0.477 e. The maximum Gasteiger partial charge on any atom is 0.352 e. The van der Waals surface area contributed by atoms with Gasteiger partial charge >= 0.3 is 5.97 Å². The van der Waals surface area contributed by atoms with E-state index in [4.69, 9.17) is 5.11 Å². The molecule has 0 aromatic heterocycles. The van der Waals surface area contributed by atoms with E-state index in [1.165, 1.54) is 17.8 Å². The van der Waals surface area contributed by atoms with Gasteiger partial charge in [0.2, 0.25) is 6.04 Å². The lowest BCUT2D eigenvalue weighted by atomic mass is 10.0. The van der Waals surface area contributed by atoms with Crippen LogP contribution >= 0.6 is 27.7 Å². The van der Waals surface area contributed by atoms with E-state index in [1.807, 2.05) is 0 Å². The molecule has 2 aliphatic heterocycles. The fourth-order valence-electron chi connectivity index (χ4n) is 2.10. The number of carbonyl (C=O) groups is 4. The number of thioether (sulfide) groups is 1. The van der Waals surface area contributed by atoms with Gasteiger partial charge in [0.25, 0.3) is 11.8 Å². The molecule has 2 heterocycles. The number of carbonyl (C=O) groups excluding carboxylic acids is 3. The molecule has 2 rings (SSSR count). The summed E-state index contributed by atoms with van der Waals surface area (Å²) < 4.78 is 0. The molecule has 2 aliphatic rings. The van der Waals surface area contributed by atoms with E-state index >= 15 is 0 Å². The molecule has 22 heavy (non-hydrogen) atoms. The first-order valence-electron chi connectivity index (χ1n) is 6.02. The van der Waals surface area contributed by atoms with Crippen molar-refractivity contribution in [3.8, 4) is 0 Å². The quantitative estimate of drug-likeness (QED) is 0.268. The molecule has 0 spiro atoms. The number of rotatable bonds is 6. The number of amides is 2. The van der Waals surface area contributed by atoms with Gasteiger partial charge in [-0.05, 0) is 11.3 Å². The molecule has 2 amide bonds. The molecule has 0 aromatic carbocycles. The third-order valence-corrected chi connectivity index (χ3v) is 4.89. The minimum atomic E-state index is -1.73. The van der Waals surface area contributed by atoms with E-state index in [0.717, 1.165) is 4.90 Å². The Bertz CT molecular complexity index is 594. The van der Waals surface area contributed by atoms with E-state index < -0.39 is 41.0 Å². The SMILES string of the molecule is O=NC(C(=O)CBr)C(=O)NC1C(=O)N2C(C(=O)O)=CCS[C@@H]12. The van der Waals surface area contributed by atoms with E-state index in [0.29, 0.717) is 5.75 Å². The Kier molecular flexibility index (Phi) is 4.96. The van der Waals surface area contributed by atoms with E-state index in [2.05, 4.69) is 26.4 Å². The summed E-state index contributed by atoms with van der Waals surface area (Å²) in [7, 11) is 0. The average molecular weight is 392 g/mol. The van der Waals surface area contributed by atoms with Crippen LogP contribution in [0.3, 0.4) is 0 Å². The van der Waals surface area contributed by atoms with Crippen LogP contribution in [0, 0.1) is 4.91 Å². The highest BCUT2D eigenvalue weighted by Crippen LogP contribution is 2.37. The van der Waals surface area contributed by atoms with Crippen LogP contribution in [-0.4, -0.2) is 62.1 Å². The summed E-state index contributed by atoms with van der Waals surface area (Å²) in [5.41, 5.74) is -0.138. The van der Waals surface area contributed by atoms with Crippen molar-refractivity contribution in [2.45, 2.75) is 17.5 Å². The molecule has 11 heteroatoms. The van der Waals surface area contributed by atoms with Crippen LogP contribution in [0.1, 0.15) is 0 Å². The van der Waals surface area contributed by atoms with Crippen molar-refractivity contribution in [2.24, 2.45) is 5.18 Å². The van der Waals surface area contributed by atoms with Crippen LogP contribution in [0.5, 0.6) is 0 Å². The Morgan fingerprint density at radius 3 is 2.77 bits per heavy atom. The zero-order valence-corrected chi connectivity index (χ0v) is 13.3. The van der Waals surface area contributed by atoms with Crippen LogP contribution in [0.4, 0.5) is 0 Å². The summed E-state index contributed by atoms with van der Waals surface area (Å²) in [6.45, 7) is 0. The zero-order chi connectivity index (χ0) is 16.4. The second-order valence-corrected chi connectivity index (χ2v) is 6.13. The fraction of sp³-hybridized carbons (Fsp3) is 0.455. The molecule has 0 aromatic rings. The number of hydrogen-bond donors (Lipinski definition) is 2. The minimum Gasteiger partial charge on any atom is -0.477 e. The Morgan fingerprint density at radius 2 is 2.23 bits per heavy atom. The molecule has 0 aliphatic carbocycles. The number of carboxylic acid groups (broad SMARTS) is 1. The topological polar surface area (TPSA) is 133 Å². The highest BCUT2D eigenvalue weighted by Gasteiger charge is 2.53. The molecular weight excluding hydrogens is 382 g/mol. The second kappa shape index (κ2) is 6.57. The van der Waals surface area contributed by atoms with Crippen molar-refractivity contribution in [3.63, 3.8) is 0 Å². The minimum absolute atomic E-state index is 0.138. The van der Waals surface area contributed by atoms with Gasteiger partial charge in [0.05, 0.1) is 5.33 Å². The van der Waals surface area contributed by atoms with Crippen LogP contribution in [0.15, 0.2) is 16.9 Å². The van der Waals surface area contributed by atoms with Gasteiger partial charge < -0.3 is 10.4 Å². The van der Waals surface area contributed by atoms with Crippen molar-refractivity contribution in [3.05, 3.63) is 16.7 Å². The first kappa shape index (κ1) is 16.6. The summed E-state index contributed by atoms with van der Waals surface area (Å²) in [4.78, 5) is 57.9. The fourth-order valence-corrected chi connectivity index (χ4v) is 3.60. The number of hydrogen-bond acceptors (Lipinski definition) is 7. The van der Waals surface area contributed by atoms with Gasteiger partial charge in [-0.3, -0.25) is 19.3 Å². The maximum atomic E-state index is 12.0. The Labute approximate surface area is 136 Å². The van der Waals surface area contributed by atoms with E-state index in [1.54, 1.807) is 0 Å². The summed E-state index contributed by atoms with van der Waals surface area (Å²) in [6.07, 6.45) is 1.41. The smallest absolute Gasteiger partial charge is 0.352 e. The predicted molar refractivity (Wildman–Crippen MR) is 79.1 cm³/mol. The van der Waals surface area contributed by atoms with Crippen molar-refractivity contribution < 1.29 is 24.3 Å². The normalized spacial score (nSPS) is 24.5. The molecule has 3 atom stereocenters. The number of alkyl halides is 1. The number of β-lactam (4-membered cyclic amide) rings is 1. The van der Waals surface area contributed by atoms with Crippen LogP contribution < -0.4 is 5.32 Å². The van der Waals surface area contributed by atoms with Crippen molar-refractivity contribution in [1.29, 1.82) is 0 Å². The lowest BCUT2D eigenvalue weighted by Gasteiger charge is -2.48. The van der Waals surface area contributed by atoms with Gasteiger partial charge in [-0.15, -0.1) is 16.7 Å². The first-order chi connectivity index (χ1) is 10.4. The molecule has 0 bridgehead atoms. The Balaban J connectivity index is 2.07. The van der Waals surface area contributed by atoms with Gasteiger partial charge in [0.15, 0.2) is 5.78 Å². The number of aliphatic carboxylic acids is 1. The predicted octanol–water partition coefficient (Wildman–Crippen LogP) is -0.546. The van der Waals surface area contributed by atoms with Crippen LogP contribution in [0.2, 0.25) is 0 Å². The summed E-state index contributed by atoms with van der Waals surface area (Å²) in [5.74, 6) is -3.15. The average Bonchev–Trinajstić information content (AvgIpc) is 2.51. The van der Waals surface area contributed by atoms with Gasteiger partial charge in [-0.2, -0.15) is 0 Å². The highest BCUT2D eigenvalue weighted by atomic mass is 79.9. The third kappa shape index (κ3) is 2.77. The number of fused-ring (bicyclic) bond motifs is 1. The molecule has 2 N–H and O–H groups in total. The van der Waals surface area contributed by atoms with Crippen LogP contribution in [-0.2, 0) is 19.2 Å². The summed E-state index contributed by atoms with van der Waals surface area (Å²) in [6, 6.07) is -2.71. The van der Waals surface area contributed by atoms with E-state index in [-0.39, 0.29) is 11.0 Å². The number of carboxylic acids is 1. The van der Waals surface area contributed by atoms with Crippen LogP contribution in [0.25, 0.3) is 0 Å². The molecule has 1 saturated heterocycles. The Morgan fingerprint density at radius 1 is 1.55 bits per heavy atom. The molecule has 9 nitrogen and oxygen atoms in total. The molecular formula is C11H10BrN3O6S. The third-order valence-electron chi connectivity index (χ3n) is 3.15. The standard InChI is InChI=1S/C11H10BrN3O6S/c12-3-5(16)6(14-21)8(17)13-7-9(18)15-4(11(19)20)1-2-22-10(7)15/h1,6-7,10H,2-3H2,(H,13,17)(H,19,20)/t6?,7?,10-/m0/s1. The number of nitrogens with one attached hydrogen (secondary N) is 1. The van der Waals surface area contributed by atoms with Gasteiger partial charge in [-0.1, -0.05) is 15.9 Å². The second-order valence-electron chi connectivity index (χ2n) is 4.42. The summed E-state index contributed by atoms with van der Waals surface area (Å²) in [5, 5.41) is 13.0. The number of Topliss-reactive ketones (excluding diaryl/α,β-unsaturated/α-hetero) is 1. The molecule has 0 saturated carbocycles. The van der Waals surface area contributed by atoms with Gasteiger partial charge in [0, 0.05) is 5.75 Å². The van der Waals surface area contributed by atoms with Crippen molar-refractivity contribution in [2.75, 3.05) is 11.1 Å². The molecule has 1 fully saturated rings. The lowest BCUT2D eigenvalue weighted by Crippen LogP contribution is -2.71. The number of ketones is 1. The Hall–Kier alpha value is -1.75. The lowest BCUT2D eigenvalue weighted by molar-refractivity contribution is -0.151. The zero-order valence-electron chi connectivity index (χ0n) is 10.9.